The van der Waals surface area contributed by atoms with Crippen molar-refractivity contribution >= 4 is 0 Å². The summed E-state index contributed by atoms with van der Waals surface area (Å²) in [6.45, 7) is 8.77. The van der Waals surface area contributed by atoms with E-state index in [-0.39, 0.29) is 12.0 Å². The van der Waals surface area contributed by atoms with Crippen LogP contribution in [0.5, 0.6) is 0 Å². The summed E-state index contributed by atoms with van der Waals surface area (Å²) in [4.78, 5) is 0. The molecular formula is C15H23NO. The van der Waals surface area contributed by atoms with Crippen molar-refractivity contribution in [3.8, 4) is 0 Å². The van der Waals surface area contributed by atoms with Gasteiger partial charge in [-0.15, -0.1) is 0 Å². The Morgan fingerprint density at radius 1 is 1.12 bits per heavy atom. The molecule has 1 aromatic carbocycles. The number of rotatable bonds is 2. The van der Waals surface area contributed by atoms with E-state index in [1.165, 1.54) is 22.3 Å². The second kappa shape index (κ2) is 4.79. The SMILES string of the molecule is Cc1cc(C)c(C2(CO)CCNCC2)c(C)c1. The van der Waals surface area contributed by atoms with Crippen LogP contribution in [0.3, 0.4) is 0 Å². The fourth-order valence-electron chi connectivity index (χ4n) is 3.41. The summed E-state index contributed by atoms with van der Waals surface area (Å²) >= 11 is 0. The predicted octanol–water partition coefficient (Wildman–Crippen LogP) is 2.23. The standard InChI is InChI=1S/C15H23NO/c1-11-8-12(2)14(13(3)9-11)15(10-17)4-6-16-7-5-15/h8-9,16-17H,4-7,10H2,1-3H3. The highest BCUT2D eigenvalue weighted by atomic mass is 16.3. The monoisotopic (exact) mass is 233 g/mol. The van der Waals surface area contributed by atoms with Gasteiger partial charge in [-0.3, -0.25) is 0 Å². The van der Waals surface area contributed by atoms with Crippen LogP contribution in [-0.2, 0) is 5.41 Å². The van der Waals surface area contributed by atoms with Gasteiger partial charge in [0.05, 0.1) is 6.61 Å². The van der Waals surface area contributed by atoms with Crippen LogP contribution in [0, 0.1) is 20.8 Å². The van der Waals surface area contributed by atoms with Gasteiger partial charge in [0.1, 0.15) is 0 Å². The van der Waals surface area contributed by atoms with E-state index < -0.39 is 0 Å². The number of aliphatic hydroxyl groups is 1. The van der Waals surface area contributed by atoms with Crippen LogP contribution < -0.4 is 5.32 Å². The van der Waals surface area contributed by atoms with E-state index in [0.717, 1.165) is 25.9 Å². The van der Waals surface area contributed by atoms with Crippen molar-refractivity contribution in [3.63, 3.8) is 0 Å². The molecule has 0 amide bonds. The van der Waals surface area contributed by atoms with Crippen molar-refractivity contribution in [1.29, 1.82) is 0 Å². The maximum absolute atomic E-state index is 9.89. The van der Waals surface area contributed by atoms with Crippen molar-refractivity contribution < 1.29 is 5.11 Å². The van der Waals surface area contributed by atoms with Gasteiger partial charge in [-0.05, 0) is 63.4 Å². The first-order valence-corrected chi connectivity index (χ1v) is 6.49. The van der Waals surface area contributed by atoms with Gasteiger partial charge in [0, 0.05) is 5.41 Å². The third kappa shape index (κ3) is 2.24. The number of aryl methyl sites for hydroxylation is 3. The van der Waals surface area contributed by atoms with Gasteiger partial charge in [0.25, 0.3) is 0 Å². The lowest BCUT2D eigenvalue weighted by molar-refractivity contribution is 0.157. The molecule has 1 aliphatic heterocycles. The fourth-order valence-corrected chi connectivity index (χ4v) is 3.41. The number of nitrogens with one attached hydrogen (secondary N) is 1. The maximum atomic E-state index is 9.89. The molecule has 0 aliphatic carbocycles. The van der Waals surface area contributed by atoms with E-state index in [1.807, 2.05) is 0 Å². The molecule has 2 nitrogen and oxygen atoms in total. The molecule has 2 N–H and O–H groups in total. The zero-order valence-electron chi connectivity index (χ0n) is 11.1. The summed E-state index contributed by atoms with van der Waals surface area (Å²) in [5.41, 5.74) is 5.34. The van der Waals surface area contributed by atoms with E-state index in [9.17, 15) is 5.11 Å². The molecule has 2 rings (SSSR count). The Morgan fingerprint density at radius 3 is 2.12 bits per heavy atom. The molecule has 2 heteroatoms. The smallest absolute Gasteiger partial charge is 0.0529 e. The zero-order valence-corrected chi connectivity index (χ0v) is 11.1. The van der Waals surface area contributed by atoms with Crippen LogP contribution in [0.4, 0.5) is 0 Å². The number of piperidine rings is 1. The Hall–Kier alpha value is -0.860. The van der Waals surface area contributed by atoms with Gasteiger partial charge in [0.15, 0.2) is 0 Å². The number of aliphatic hydroxyl groups excluding tert-OH is 1. The van der Waals surface area contributed by atoms with Gasteiger partial charge in [-0.2, -0.15) is 0 Å². The number of hydrogen-bond acceptors (Lipinski definition) is 2. The zero-order chi connectivity index (χ0) is 12.5. The average Bonchev–Trinajstić information content (AvgIpc) is 2.28. The van der Waals surface area contributed by atoms with E-state index in [2.05, 4.69) is 38.2 Å². The number of hydrogen-bond donors (Lipinski definition) is 2. The lowest BCUT2D eigenvalue weighted by Crippen LogP contribution is -2.43. The van der Waals surface area contributed by atoms with E-state index >= 15 is 0 Å². The Kier molecular flexibility index (Phi) is 3.55. The van der Waals surface area contributed by atoms with Crippen molar-refractivity contribution in [1.82, 2.24) is 5.32 Å². The molecule has 1 fully saturated rings. The van der Waals surface area contributed by atoms with E-state index in [4.69, 9.17) is 0 Å². The van der Waals surface area contributed by atoms with E-state index in [0.29, 0.717) is 0 Å². The highest BCUT2D eigenvalue weighted by Gasteiger charge is 2.35. The van der Waals surface area contributed by atoms with Crippen LogP contribution in [0.15, 0.2) is 12.1 Å². The van der Waals surface area contributed by atoms with Gasteiger partial charge >= 0.3 is 0 Å². The summed E-state index contributed by atoms with van der Waals surface area (Å²) in [6, 6.07) is 4.48. The molecule has 0 bridgehead atoms. The van der Waals surface area contributed by atoms with Crippen LogP contribution in [-0.4, -0.2) is 24.8 Å². The maximum Gasteiger partial charge on any atom is 0.0529 e. The Morgan fingerprint density at radius 2 is 1.65 bits per heavy atom. The van der Waals surface area contributed by atoms with Crippen molar-refractivity contribution in [2.45, 2.75) is 39.0 Å². The van der Waals surface area contributed by atoms with Gasteiger partial charge < -0.3 is 10.4 Å². The molecule has 17 heavy (non-hydrogen) atoms. The van der Waals surface area contributed by atoms with Crippen LogP contribution in [0.1, 0.15) is 35.1 Å². The average molecular weight is 233 g/mol. The molecule has 1 aliphatic rings. The van der Waals surface area contributed by atoms with Crippen LogP contribution in [0.2, 0.25) is 0 Å². The highest BCUT2D eigenvalue weighted by Crippen LogP contribution is 2.37. The third-order valence-electron chi connectivity index (χ3n) is 4.07. The topological polar surface area (TPSA) is 32.3 Å². The molecule has 0 saturated carbocycles. The second-order valence-corrected chi connectivity index (χ2v) is 5.46. The molecule has 94 valence electrons. The van der Waals surface area contributed by atoms with Crippen LogP contribution in [0.25, 0.3) is 0 Å². The molecule has 1 aromatic rings. The Bertz CT molecular complexity index is 382. The molecule has 0 spiro atoms. The molecular weight excluding hydrogens is 210 g/mol. The van der Waals surface area contributed by atoms with Crippen molar-refractivity contribution in [2.24, 2.45) is 0 Å². The van der Waals surface area contributed by atoms with Gasteiger partial charge in [-0.1, -0.05) is 17.7 Å². The van der Waals surface area contributed by atoms with Crippen molar-refractivity contribution in [2.75, 3.05) is 19.7 Å². The Balaban J connectivity index is 2.50. The minimum absolute atomic E-state index is 0.0207. The molecule has 0 unspecified atom stereocenters. The number of benzene rings is 1. The van der Waals surface area contributed by atoms with Gasteiger partial charge in [-0.25, -0.2) is 0 Å². The minimum Gasteiger partial charge on any atom is -0.395 e. The summed E-state index contributed by atoms with van der Waals surface area (Å²) < 4.78 is 0. The predicted molar refractivity (Wildman–Crippen MR) is 71.5 cm³/mol. The summed E-state index contributed by atoms with van der Waals surface area (Å²) in [7, 11) is 0. The van der Waals surface area contributed by atoms with Crippen LogP contribution >= 0.6 is 0 Å². The summed E-state index contributed by atoms with van der Waals surface area (Å²) in [6.07, 6.45) is 2.07. The molecule has 0 radical (unpaired) electrons. The first-order chi connectivity index (χ1) is 8.09. The third-order valence-corrected chi connectivity index (χ3v) is 4.07. The molecule has 1 heterocycles. The summed E-state index contributed by atoms with van der Waals surface area (Å²) in [5.74, 6) is 0. The molecule has 0 aromatic heterocycles. The first kappa shape index (κ1) is 12.6. The second-order valence-electron chi connectivity index (χ2n) is 5.46. The Labute approximate surface area is 104 Å². The largest absolute Gasteiger partial charge is 0.395 e. The first-order valence-electron chi connectivity index (χ1n) is 6.49. The quantitative estimate of drug-likeness (QED) is 0.821. The van der Waals surface area contributed by atoms with E-state index in [1.54, 1.807) is 0 Å². The normalized spacial score (nSPS) is 19.3. The van der Waals surface area contributed by atoms with Crippen molar-refractivity contribution in [3.05, 3.63) is 34.4 Å². The molecule has 0 atom stereocenters. The minimum atomic E-state index is -0.0207. The van der Waals surface area contributed by atoms with Gasteiger partial charge in [0.2, 0.25) is 0 Å². The highest BCUT2D eigenvalue weighted by molar-refractivity contribution is 5.43. The lowest BCUT2D eigenvalue weighted by atomic mass is 9.70. The fraction of sp³-hybridized carbons (Fsp3) is 0.600. The molecule has 1 saturated heterocycles. The lowest BCUT2D eigenvalue weighted by Gasteiger charge is -2.39. The summed E-state index contributed by atoms with van der Waals surface area (Å²) in [5, 5.41) is 13.3.